The van der Waals surface area contributed by atoms with E-state index in [-0.39, 0.29) is 17.1 Å². The molecule has 0 bridgehead atoms. The first kappa shape index (κ1) is 14.6. The molecule has 7 nitrogen and oxygen atoms in total. The molecule has 4 N–H and O–H groups in total. The van der Waals surface area contributed by atoms with E-state index in [0.29, 0.717) is 29.1 Å². The quantitative estimate of drug-likeness (QED) is 0.675. The zero-order chi connectivity index (χ0) is 16.8. The predicted octanol–water partition coefficient (Wildman–Crippen LogP) is 1.98. The van der Waals surface area contributed by atoms with Crippen molar-refractivity contribution in [2.75, 3.05) is 12.4 Å². The largest absolute Gasteiger partial charge is 0.504 e. The van der Waals surface area contributed by atoms with E-state index < -0.39 is 5.92 Å². The third-order valence-corrected chi connectivity index (χ3v) is 4.66. The van der Waals surface area contributed by atoms with Gasteiger partial charge in [0, 0.05) is 23.6 Å². The van der Waals surface area contributed by atoms with Crippen molar-refractivity contribution in [3.8, 4) is 11.5 Å². The van der Waals surface area contributed by atoms with E-state index >= 15 is 0 Å². The van der Waals surface area contributed by atoms with E-state index in [1.165, 1.54) is 13.2 Å². The average Bonchev–Trinajstić information content (AvgIpc) is 2.95. The molecule has 1 aliphatic heterocycles. The molecule has 0 amide bonds. The number of rotatable bonds is 2. The van der Waals surface area contributed by atoms with Crippen LogP contribution in [0.1, 0.15) is 36.3 Å². The van der Waals surface area contributed by atoms with Crippen LogP contribution in [0, 0.1) is 0 Å². The molecule has 1 aromatic carbocycles. The second-order valence-electron chi connectivity index (χ2n) is 6.03. The number of nitrogens with one attached hydrogen (secondary N) is 3. The average molecular weight is 327 g/mol. The second kappa shape index (κ2) is 5.30. The number of anilines is 1. The van der Waals surface area contributed by atoms with Crippen LogP contribution in [-0.4, -0.2) is 28.2 Å². The van der Waals surface area contributed by atoms with Crippen LogP contribution >= 0.6 is 0 Å². The summed E-state index contributed by atoms with van der Waals surface area (Å²) >= 11 is 0. The number of ketones is 1. The lowest BCUT2D eigenvalue weighted by Crippen LogP contribution is -2.29. The molecular weight excluding hydrogens is 310 g/mol. The Labute approximate surface area is 137 Å². The van der Waals surface area contributed by atoms with Crippen molar-refractivity contribution in [1.29, 1.82) is 0 Å². The number of hydrogen-bond acceptors (Lipinski definition) is 5. The number of carbonyl (C=O) groups is 1. The standard InChI is InChI=1S/C17H17N3O4/c1-24-12-7-8(5-6-10(12)21)13-14-9(3-2-4-11(14)22)18-16-15(13)17(23)20-19-16/h5-7,13,21H,2-4H2,1H3,(H3,18,19,20,23). The summed E-state index contributed by atoms with van der Waals surface area (Å²) in [6.45, 7) is 0. The first-order valence-corrected chi connectivity index (χ1v) is 7.81. The Kier molecular flexibility index (Phi) is 3.23. The van der Waals surface area contributed by atoms with Crippen molar-refractivity contribution in [1.82, 2.24) is 10.2 Å². The first-order valence-electron chi connectivity index (χ1n) is 7.81. The number of hydrogen-bond donors (Lipinski definition) is 4. The summed E-state index contributed by atoms with van der Waals surface area (Å²) in [6, 6.07) is 4.91. The molecule has 124 valence electrons. The highest BCUT2D eigenvalue weighted by molar-refractivity contribution is 6.00. The summed E-state index contributed by atoms with van der Waals surface area (Å²) in [5, 5.41) is 18.4. The Morgan fingerprint density at radius 3 is 2.83 bits per heavy atom. The van der Waals surface area contributed by atoms with Gasteiger partial charge in [-0.2, -0.15) is 0 Å². The molecule has 1 atom stereocenters. The third kappa shape index (κ3) is 2.05. The van der Waals surface area contributed by atoms with Gasteiger partial charge in [-0.3, -0.25) is 19.8 Å². The molecule has 7 heteroatoms. The summed E-state index contributed by atoms with van der Waals surface area (Å²) < 4.78 is 5.18. The zero-order valence-electron chi connectivity index (χ0n) is 13.1. The molecule has 0 spiro atoms. The number of methoxy groups -OCH3 is 1. The van der Waals surface area contributed by atoms with Gasteiger partial charge in [-0.1, -0.05) is 6.07 Å². The van der Waals surface area contributed by atoms with E-state index in [1.807, 2.05) is 0 Å². The summed E-state index contributed by atoms with van der Waals surface area (Å²) in [4.78, 5) is 24.9. The van der Waals surface area contributed by atoms with Crippen LogP contribution < -0.4 is 15.6 Å². The highest BCUT2D eigenvalue weighted by Gasteiger charge is 2.37. The Hall–Kier alpha value is -2.96. The van der Waals surface area contributed by atoms with E-state index in [2.05, 4.69) is 15.5 Å². The first-order chi connectivity index (χ1) is 11.6. The number of Topliss-reactive ketones (excluding diaryl/α,β-unsaturated/α-hetero) is 1. The zero-order valence-corrected chi connectivity index (χ0v) is 13.1. The van der Waals surface area contributed by atoms with Crippen molar-refractivity contribution in [3.05, 3.63) is 50.9 Å². The van der Waals surface area contributed by atoms with Crippen LogP contribution in [0.3, 0.4) is 0 Å². The lowest BCUT2D eigenvalue weighted by atomic mass is 9.77. The lowest BCUT2D eigenvalue weighted by molar-refractivity contribution is -0.116. The molecule has 0 radical (unpaired) electrons. The molecule has 0 saturated carbocycles. The minimum atomic E-state index is -0.478. The monoisotopic (exact) mass is 327 g/mol. The van der Waals surface area contributed by atoms with Crippen LogP contribution in [0.2, 0.25) is 0 Å². The van der Waals surface area contributed by atoms with Gasteiger partial charge in [0.05, 0.1) is 12.7 Å². The van der Waals surface area contributed by atoms with Crippen LogP contribution in [0.5, 0.6) is 11.5 Å². The van der Waals surface area contributed by atoms with Gasteiger partial charge in [0.1, 0.15) is 5.82 Å². The third-order valence-electron chi connectivity index (χ3n) is 4.66. The van der Waals surface area contributed by atoms with Gasteiger partial charge in [0.2, 0.25) is 0 Å². The number of carbonyl (C=O) groups excluding carboxylic acids is 1. The summed E-state index contributed by atoms with van der Waals surface area (Å²) in [5.74, 6) is 0.485. The molecule has 24 heavy (non-hydrogen) atoms. The summed E-state index contributed by atoms with van der Waals surface area (Å²) in [5.41, 5.74) is 2.44. The van der Waals surface area contributed by atoms with Crippen molar-refractivity contribution in [3.63, 3.8) is 0 Å². The number of phenols is 1. The van der Waals surface area contributed by atoms with Crippen LogP contribution in [-0.2, 0) is 4.79 Å². The van der Waals surface area contributed by atoms with E-state index in [9.17, 15) is 14.7 Å². The van der Waals surface area contributed by atoms with Gasteiger partial charge in [-0.25, -0.2) is 0 Å². The highest BCUT2D eigenvalue weighted by Crippen LogP contribution is 2.44. The van der Waals surface area contributed by atoms with E-state index in [0.717, 1.165) is 24.1 Å². The van der Waals surface area contributed by atoms with Crippen LogP contribution in [0.15, 0.2) is 34.3 Å². The van der Waals surface area contributed by atoms with Crippen molar-refractivity contribution in [2.45, 2.75) is 25.2 Å². The van der Waals surface area contributed by atoms with Crippen LogP contribution in [0.4, 0.5) is 5.82 Å². The highest BCUT2D eigenvalue weighted by atomic mass is 16.5. The van der Waals surface area contributed by atoms with Gasteiger partial charge in [0.15, 0.2) is 17.3 Å². The minimum Gasteiger partial charge on any atom is -0.504 e. The molecular formula is C17H17N3O4. The number of ether oxygens (including phenoxy) is 1. The predicted molar refractivity (Wildman–Crippen MR) is 87.4 cm³/mol. The molecule has 1 unspecified atom stereocenters. The molecule has 0 saturated heterocycles. The summed E-state index contributed by atoms with van der Waals surface area (Å²) in [7, 11) is 1.46. The maximum atomic E-state index is 12.6. The lowest BCUT2D eigenvalue weighted by Gasteiger charge is -2.31. The molecule has 2 heterocycles. The van der Waals surface area contributed by atoms with Gasteiger partial charge in [0.25, 0.3) is 5.56 Å². The number of allylic oxidation sites excluding steroid dienone is 2. The van der Waals surface area contributed by atoms with Gasteiger partial charge in [-0.05, 0) is 30.5 Å². The van der Waals surface area contributed by atoms with Crippen molar-refractivity contribution >= 4 is 11.6 Å². The maximum absolute atomic E-state index is 12.6. The molecule has 2 aliphatic rings. The Morgan fingerprint density at radius 2 is 2.04 bits per heavy atom. The number of phenolic OH excluding ortho intramolecular Hbond substituents is 1. The minimum absolute atomic E-state index is 0.0163. The van der Waals surface area contributed by atoms with Crippen molar-refractivity contribution in [2.24, 2.45) is 0 Å². The number of benzene rings is 1. The Balaban J connectivity index is 1.96. The topological polar surface area (TPSA) is 107 Å². The molecule has 0 fully saturated rings. The molecule has 1 aliphatic carbocycles. The SMILES string of the molecule is COc1cc(C2C3=C(CCCC3=O)Nc3[nH][nH]c(=O)c32)ccc1O. The normalized spacial score (nSPS) is 19.5. The fraction of sp³-hybridized carbons (Fsp3) is 0.294. The smallest absolute Gasteiger partial charge is 0.270 e. The summed E-state index contributed by atoms with van der Waals surface area (Å²) in [6.07, 6.45) is 2.03. The molecule has 4 rings (SSSR count). The van der Waals surface area contributed by atoms with Gasteiger partial charge < -0.3 is 15.2 Å². The molecule has 1 aromatic heterocycles. The van der Waals surface area contributed by atoms with E-state index in [1.54, 1.807) is 12.1 Å². The number of aromatic hydroxyl groups is 1. The number of H-pyrrole nitrogens is 2. The van der Waals surface area contributed by atoms with E-state index in [4.69, 9.17) is 4.74 Å². The number of aromatic amines is 2. The van der Waals surface area contributed by atoms with Gasteiger partial charge >= 0.3 is 0 Å². The second-order valence-corrected chi connectivity index (χ2v) is 6.03. The van der Waals surface area contributed by atoms with Crippen molar-refractivity contribution < 1.29 is 14.6 Å². The Morgan fingerprint density at radius 1 is 1.21 bits per heavy atom. The fourth-order valence-corrected chi connectivity index (χ4v) is 3.57. The molecule has 2 aromatic rings. The maximum Gasteiger partial charge on any atom is 0.270 e. The van der Waals surface area contributed by atoms with Crippen LogP contribution in [0.25, 0.3) is 0 Å². The number of fused-ring (bicyclic) bond motifs is 1. The fourth-order valence-electron chi connectivity index (χ4n) is 3.57. The Bertz CT molecular complexity index is 922. The number of aromatic nitrogens is 2. The van der Waals surface area contributed by atoms with Gasteiger partial charge in [-0.15, -0.1) is 0 Å².